The molecule has 31 heavy (non-hydrogen) atoms. The summed E-state index contributed by atoms with van der Waals surface area (Å²) in [4.78, 5) is 11.4. The van der Waals surface area contributed by atoms with Gasteiger partial charge in [0.2, 0.25) is 0 Å². The number of nitrogens with zero attached hydrogens (tertiary/aromatic N) is 2. The number of hydrogen-bond donors (Lipinski definition) is 1. The number of carbonyl (C=O) groups is 1. The monoisotopic (exact) mass is 496 g/mol. The summed E-state index contributed by atoms with van der Waals surface area (Å²) >= 11 is 5.92. The first-order valence-corrected chi connectivity index (χ1v) is 9.55. The van der Waals surface area contributed by atoms with Crippen LogP contribution in [-0.4, -0.2) is 30.3 Å². The van der Waals surface area contributed by atoms with Crippen LogP contribution in [0.25, 0.3) is 0 Å². The quantitative estimate of drug-likeness (QED) is 0.147. The maximum absolute atomic E-state index is 13.0. The molecule has 0 radical (unpaired) electrons. The standard InChI is InChI=1S/C16H13ClF3N3O5S.2Na/c1-2-21-23(22-13-7-9(16(18,19)20)3-5-12(13)17)14-6-4-10(29(26,27)28)8-11(14)15(24)25;;/h3-8H,2H2,1H3,(H2-,21,22,24,25,26,27,28);;/q;2*+1/p-1. The van der Waals surface area contributed by atoms with Gasteiger partial charge < -0.3 is 14.5 Å². The number of benzene rings is 2. The van der Waals surface area contributed by atoms with E-state index < -0.39 is 38.3 Å². The van der Waals surface area contributed by atoms with Crippen molar-refractivity contribution in [3.8, 4) is 0 Å². The molecule has 0 aliphatic heterocycles. The zero-order valence-electron chi connectivity index (χ0n) is 16.5. The summed E-state index contributed by atoms with van der Waals surface area (Å²) in [5.74, 6) is -1.83. The van der Waals surface area contributed by atoms with E-state index in [2.05, 4.69) is 10.5 Å². The van der Waals surface area contributed by atoms with E-state index >= 15 is 0 Å². The molecule has 0 fully saturated rings. The first-order chi connectivity index (χ1) is 13.3. The van der Waals surface area contributed by atoms with Crippen LogP contribution in [0.1, 0.15) is 22.8 Å². The molecular formula is C16H12ClF3N3Na2O5S+. The Balaban J connectivity index is 0.00000450. The van der Waals surface area contributed by atoms with Crippen LogP contribution in [0.4, 0.5) is 24.5 Å². The normalized spacial score (nSPS) is 11.9. The predicted molar refractivity (Wildman–Crippen MR) is 91.7 cm³/mol. The van der Waals surface area contributed by atoms with Crippen LogP contribution in [0.5, 0.6) is 0 Å². The van der Waals surface area contributed by atoms with Crippen molar-refractivity contribution in [1.82, 2.24) is 0 Å². The van der Waals surface area contributed by atoms with Crippen LogP contribution >= 0.6 is 11.6 Å². The zero-order valence-corrected chi connectivity index (χ0v) is 22.1. The number of carbonyl (C=O) groups excluding carboxylic acids is 1. The smallest absolute Gasteiger partial charge is 0.744 e. The molecule has 15 heteroatoms. The molecule has 2 aromatic carbocycles. The molecule has 0 amide bonds. The van der Waals surface area contributed by atoms with Crippen molar-refractivity contribution in [1.29, 1.82) is 0 Å². The summed E-state index contributed by atoms with van der Waals surface area (Å²) in [5.41, 5.74) is 0.168. The number of azo groups is 1. The molecule has 0 unspecified atom stereocenters. The molecule has 1 N–H and O–H groups in total. The minimum absolute atomic E-state index is 0. The van der Waals surface area contributed by atoms with Gasteiger partial charge in [0, 0.05) is 10.9 Å². The number of aromatic carboxylic acids is 1. The fourth-order valence-corrected chi connectivity index (χ4v) is 2.89. The maximum Gasteiger partial charge on any atom is 1.00 e. The Bertz CT molecular complexity index is 1100. The fourth-order valence-electron chi connectivity index (χ4n) is 2.23. The number of carboxylic acids is 1. The molecule has 0 aliphatic rings. The Morgan fingerprint density at radius 1 is 1.19 bits per heavy atom. The number of rotatable bonds is 6. The molecule has 8 nitrogen and oxygen atoms in total. The van der Waals surface area contributed by atoms with E-state index in [1.54, 1.807) is 6.92 Å². The van der Waals surface area contributed by atoms with Gasteiger partial charge in [0.05, 0.1) is 27.0 Å². The Hall–Kier alpha value is -0.700. The van der Waals surface area contributed by atoms with Gasteiger partial charge in [-0.1, -0.05) is 11.6 Å². The van der Waals surface area contributed by atoms with E-state index in [9.17, 15) is 36.0 Å². The maximum atomic E-state index is 13.0. The Kier molecular flexibility index (Phi) is 11.7. The van der Waals surface area contributed by atoms with E-state index in [-0.39, 0.29) is 82.1 Å². The topological polar surface area (TPSA) is 125 Å². The molecule has 2 rings (SSSR count). The van der Waals surface area contributed by atoms with Gasteiger partial charge in [-0.15, -0.1) is 5.43 Å². The van der Waals surface area contributed by atoms with Crippen LogP contribution < -0.4 is 69.6 Å². The number of hydrazine groups is 1. The largest absolute Gasteiger partial charge is 1.00 e. The van der Waals surface area contributed by atoms with E-state index in [0.29, 0.717) is 12.1 Å². The molecule has 0 bridgehead atoms. The van der Waals surface area contributed by atoms with Gasteiger partial charge in [-0.3, -0.25) is 0 Å². The van der Waals surface area contributed by atoms with E-state index in [1.165, 1.54) is 0 Å². The van der Waals surface area contributed by atoms with E-state index in [4.69, 9.17) is 11.6 Å². The van der Waals surface area contributed by atoms with Crippen molar-refractivity contribution in [2.45, 2.75) is 18.0 Å². The van der Waals surface area contributed by atoms with Crippen LogP contribution in [-0.2, 0) is 16.3 Å². The Morgan fingerprint density at radius 3 is 2.29 bits per heavy atom. The molecule has 0 aromatic heterocycles. The second kappa shape index (κ2) is 12.0. The molecule has 0 heterocycles. The van der Waals surface area contributed by atoms with Crippen molar-refractivity contribution in [3.63, 3.8) is 0 Å². The van der Waals surface area contributed by atoms with Crippen molar-refractivity contribution in [2.75, 3.05) is 12.0 Å². The van der Waals surface area contributed by atoms with Crippen molar-refractivity contribution in [2.24, 2.45) is 5.11 Å². The van der Waals surface area contributed by atoms with Gasteiger partial charge in [0.25, 0.3) is 5.69 Å². The van der Waals surface area contributed by atoms with Gasteiger partial charge in [-0.2, -0.15) is 13.2 Å². The summed E-state index contributed by atoms with van der Waals surface area (Å²) in [6.45, 7) is 1.61. The van der Waals surface area contributed by atoms with Crippen LogP contribution in [0.3, 0.4) is 0 Å². The number of halogens is 4. The molecule has 0 atom stereocenters. The van der Waals surface area contributed by atoms with Crippen molar-refractivity contribution < 1.29 is 100.0 Å². The third-order valence-corrected chi connectivity index (χ3v) is 4.67. The van der Waals surface area contributed by atoms with Gasteiger partial charge >= 0.3 is 65.3 Å². The average Bonchev–Trinajstić information content (AvgIpc) is 2.60. The Labute approximate surface area is 224 Å². The second-order valence-electron chi connectivity index (χ2n) is 5.49. The second-order valence-corrected chi connectivity index (χ2v) is 7.28. The van der Waals surface area contributed by atoms with Gasteiger partial charge in [0.1, 0.15) is 22.4 Å². The molecule has 0 spiro atoms. The summed E-state index contributed by atoms with van der Waals surface area (Å²) in [6.07, 6.45) is -4.66. The minimum atomic E-state index is -4.96. The molecule has 0 saturated heterocycles. The molecule has 156 valence electrons. The van der Waals surface area contributed by atoms with Gasteiger partial charge in [-0.25, -0.2) is 8.42 Å². The predicted octanol–water partition coefficient (Wildman–Crippen LogP) is -3.22. The van der Waals surface area contributed by atoms with Crippen LogP contribution in [0.15, 0.2) is 46.4 Å². The number of hydrogen-bond acceptors (Lipinski definition) is 6. The number of nitrogens with one attached hydrogen (secondary N) is 1. The summed E-state index contributed by atoms with van der Waals surface area (Å²) in [5, 5.41) is 15.2. The number of anilines is 1. The van der Waals surface area contributed by atoms with Crippen molar-refractivity contribution in [3.05, 3.63) is 52.5 Å². The van der Waals surface area contributed by atoms with Crippen LogP contribution in [0.2, 0.25) is 5.02 Å². The van der Waals surface area contributed by atoms with Crippen molar-refractivity contribution >= 4 is 39.1 Å². The van der Waals surface area contributed by atoms with E-state index in [0.717, 1.165) is 29.1 Å². The van der Waals surface area contributed by atoms with Crippen LogP contribution in [0, 0.1) is 0 Å². The molecular weight excluding hydrogens is 485 g/mol. The van der Waals surface area contributed by atoms with Gasteiger partial charge in [0.15, 0.2) is 0 Å². The zero-order chi connectivity index (χ0) is 22.0. The summed E-state index contributed by atoms with van der Waals surface area (Å²) in [6, 6.07) is 4.79. The molecule has 0 aliphatic carbocycles. The first-order valence-electron chi connectivity index (χ1n) is 7.76. The number of carboxylic acid groups (broad SMARTS) is 1. The Morgan fingerprint density at radius 2 is 1.81 bits per heavy atom. The third-order valence-electron chi connectivity index (χ3n) is 3.51. The SMILES string of the molecule is CCN=[N+](Nc1cc(C(F)(F)F)ccc1Cl)c1ccc(S(=O)(=O)[O-])cc1C(=O)[O-].[Na+].[Na+]. The fraction of sp³-hybridized carbons (Fsp3) is 0.188. The summed E-state index contributed by atoms with van der Waals surface area (Å²) in [7, 11) is -4.96. The van der Waals surface area contributed by atoms with Gasteiger partial charge in [-0.05, 0) is 42.4 Å². The van der Waals surface area contributed by atoms with E-state index in [1.807, 2.05) is 0 Å². The average molecular weight is 497 g/mol. The third kappa shape index (κ3) is 7.98. The number of alkyl halides is 3. The summed E-state index contributed by atoms with van der Waals surface area (Å²) < 4.78 is 72.3. The molecule has 0 saturated carbocycles. The first kappa shape index (κ1) is 30.3. The molecule has 2 aromatic rings. The minimum Gasteiger partial charge on any atom is -0.744 e.